The Labute approximate surface area is 109 Å². The van der Waals surface area contributed by atoms with Crippen molar-refractivity contribution in [2.75, 3.05) is 18.9 Å². The molecule has 0 saturated heterocycles. The summed E-state index contributed by atoms with van der Waals surface area (Å²) in [6, 6.07) is 3.66. The van der Waals surface area contributed by atoms with E-state index in [-0.39, 0.29) is 12.5 Å². The van der Waals surface area contributed by atoms with E-state index in [9.17, 15) is 13.6 Å². The third-order valence-electron chi connectivity index (χ3n) is 2.15. The van der Waals surface area contributed by atoms with Crippen LogP contribution in [0.25, 0.3) is 0 Å². The van der Waals surface area contributed by atoms with Gasteiger partial charge in [-0.05, 0) is 24.6 Å². The molecule has 0 aliphatic carbocycles. The fourth-order valence-electron chi connectivity index (χ4n) is 1.22. The van der Waals surface area contributed by atoms with Crippen molar-refractivity contribution in [2.24, 2.45) is 0 Å². The molecule has 0 spiro atoms. The Morgan fingerprint density at radius 2 is 2.11 bits per heavy atom. The van der Waals surface area contributed by atoms with Crippen molar-refractivity contribution in [1.82, 2.24) is 5.32 Å². The van der Waals surface area contributed by atoms with Gasteiger partial charge in [0.25, 0.3) is 0 Å². The molecule has 0 saturated carbocycles. The van der Waals surface area contributed by atoms with E-state index >= 15 is 0 Å². The first-order valence-corrected chi connectivity index (χ1v) is 6.57. The topological polar surface area (TPSA) is 49.3 Å². The van der Waals surface area contributed by atoms with Crippen LogP contribution in [0.4, 0.5) is 8.78 Å². The lowest BCUT2D eigenvalue weighted by atomic mass is 10.3. The number of rotatable bonds is 7. The quantitative estimate of drug-likeness (QED) is 0.590. The zero-order valence-electron chi connectivity index (χ0n) is 9.79. The molecule has 1 aromatic carbocycles. The molecule has 1 amide bonds. The van der Waals surface area contributed by atoms with Gasteiger partial charge in [0.05, 0.1) is 0 Å². The smallest absolute Gasteiger partial charge is 0.220 e. The molecule has 6 heteroatoms. The van der Waals surface area contributed by atoms with Crippen LogP contribution in [0.1, 0.15) is 12.8 Å². The average molecular weight is 275 g/mol. The van der Waals surface area contributed by atoms with Crippen molar-refractivity contribution < 1.29 is 18.7 Å². The second kappa shape index (κ2) is 8.05. The van der Waals surface area contributed by atoms with Crippen LogP contribution in [0.3, 0.4) is 0 Å². The number of benzene rings is 1. The number of aliphatic hydroxyl groups is 1. The van der Waals surface area contributed by atoms with Gasteiger partial charge in [0.15, 0.2) is 11.6 Å². The third-order valence-corrected chi connectivity index (χ3v) is 3.14. The van der Waals surface area contributed by atoms with E-state index in [4.69, 9.17) is 5.11 Å². The number of nitrogens with one attached hydrogen (secondary N) is 1. The molecule has 2 N–H and O–H groups in total. The largest absolute Gasteiger partial charge is 0.396 e. The summed E-state index contributed by atoms with van der Waals surface area (Å²) in [7, 11) is 0. The SMILES string of the molecule is O=C(CCSc1ccc(F)c(F)c1)NCCCO. The van der Waals surface area contributed by atoms with Gasteiger partial charge in [0.2, 0.25) is 5.91 Å². The first-order valence-electron chi connectivity index (χ1n) is 5.59. The predicted molar refractivity (Wildman–Crippen MR) is 66.4 cm³/mol. The summed E-state index contributed by atoms with van der Waals surface area (Å²) in [4.78, 5) is 11.9. The molecule has 0 fully saturated rings. The van der Waals surface area contributed by atoms with Gasteiger partial charge in [0.1, 0.15) is 0 Å². The molecule has 3 nitrogen and oxygen atoms in total. The molecule has 0 radical (unpaired) electrons. The molecular formula is C12H15F2NO2S. The number of aliphatic hydroxyl groups excluding tert-OH is 1. The molecular weight excluding hydrogens is 260 g/mol. The maximum atomic E-state index is 12.9. The monoisotopic (exact) mass is 275 g/mol. The van der Waals surface area contributed by atoms with E-state index in [2.05, 4.69) is 5.32 Å². The highest BCUT2D eigenvalue weighted by Gasteiger charge is 2.04. The minimum Gasteiger partial charge on any atom is -0.396 e. The molecule has 0 aliphatic rings. The zero-order chi connectivity index (χ0) is 13.4. The maximum Gasteiger partial charge on any atom is 0.220 e. The zero-order valence-corrected chi connectivity index (χ0v) is 10.6. The first kappa shape index (κ1) is 14.9. The fraction of sp³-hybridized carbons (Fsp3) is 0.417. The summed E-state index contributed by atoms with van der Waals surface area (Å²) >= 11 is 1.29. The number of thioether (sulfide) groups is 1. The van der Waals surface area contributed by atoms with Crippen LogP contribution >= 0.6 is 11.8 Å². The van der Waals surface area contributed by atoms with E-state index in [1.165, 1.54) is 17.8 Å². The maximum absolute atomic E-state index is 12.9. The number of hydrogen-bond donors (Lipinski definition) is 2. The van der Waals surface area contributed by atoms with Crippen LogP contribution in [0.15, 0.2) is 23.1 Å². The van der Waals surface area contributed by atoms with Crippen molar-refractivity contribution in [2.45, 2.75) is 17.7 Å². The predicted octanol–water partition coefficient (Wildman–Crippen LogP) is 1.95. The Morgan fingerprint density at radius 1 is 1.33 bits per heavy atom. The van der Waals surface area contributed by atoms with E-state index < -0.39 is 11.6 Å². The second-order valence-corrected chi connectivity index (χ2v) is 4.77. The number of hydrogen-bond acceptors (Lipinski definition) is 3. The lowest BCUT2D eigenvalue weighted by Crippen LogP contribution is -2.25. The van der Waals surface area contributed by atoms with Gasteiger partial charge >= 0.3 is 0 Å². The van der Waals surface area contributed by atoms with Crippen molar-refractivity contribution in [3.8, 4) is 0 Å². The van der Waals surface area contributed by atoms with Crippen molar-refractivity contribution in [3.63, 3.8) is 0 Å². The molecule has 1 aromatic rings. The highest BCUT2D eigenvalue weighted by atomic mass is 32.2. The summed E-state index contributed by atoms with van der Waals surface area (Å²) in [5, 5.41) is 11.2. The van der Waals surface area contributed by atoms with Gasteiger partial charge < -0.3 is 10.4 Å². The Morgan fingerprint density at radius 3 is 2.78 bits per heavy atom. The normalized spacial score (nSPS) is 10.4. The molecule has 0 unspecified atom stereocenters. The number of carbonyl (C=O) groups is 1. The van der Waals surface area contributed by atoms with E-state index in [1.54, 1.807) is 0 Å². The molecule has 100 valence electrons. The Kier molecular flexibility index (Phi) is 6.67. The number of amides is 1. The van der Waals surface area contributed by atoms with Gasteiger partial charge in [-0.1, -0.05) is 0 Å². The van der Waals surface area contributed by atoms with Crippen LogP contribution in [-0.4, -0.2) is 29.9 Å². The van der Waals surface area contributed by atoms with Gasteiger partial charge in [-0.15, -0.1) is 11.8 Å². The van der Waals surface area contributed by atoms with Crippen LogP contribution in [0, 0.1) is 11.6 Å². The van der Waals surface area contributed by atoms with Gasteiger partial charge in [-0.3, -0.25) is 4.79 Å². The number of halogens is 2. The summed E-state index contributed by atoms with van der Waals surface area (Å²) in [5.74, 6) is -1.37. The van der Waals surface area contributed by atoms with Crippen LogP contribution in [-0.2, 0) is 4.79 Å². The molecule has 0 heterocycles. The fourth-order valence-corrected chi connectivity index (χ4v) is 2.10. The summed E-state index contributed by atoms with van der Waals surface area (Å²) < 4.78 is 25.5. The Balaban J connectivity index is 2.24. The molecule has 0 bridgehead atoms. The van der Waals surface area contributed by atoms with Gasteiger partial charge in [0, 0.05) is 30.2 Å². The van der Waals surface area contributed by atoms with Crippen molar-refractivity contribution in [3.05, 3.63) is 29.8 Å². The number of carbonyl (C=O) groups excluding carboxylic acids is 1. The van der Waals surface area contributed by atoms with E-state index in [0.717, 1.165) is 12.1 Å². The lowest BCUT2D eigenvalue weighted by Gasteiger charge is -2.04. The minimum absolute atomic E-state index is 0.0455. The first-order chi connectivity index (χ1) is 8.63. The average Bonchev–Trinajstić information content (AvgIpc) is 2.34. The van der Waals surface area contributed by atoms with E-state index in [1.807, 2.05) is 0 Å². The molecule has 0 atom stereocenters. The minimum atomic E-state index is -0.882. The third kappa shape index (κ3) is 5.46. The molecule has 0 aliphatic heterocycles. The highest BCUT2D eigenvalue weighted by molar-refractivity contribution is 7.99. The second-order valence-electron chi connectivity index (χ2n) is 3.60. The van der Waals surface area contributed by atoms with Crippen LogP contribution in [0.5, 0.6) is 0 Å². The standard InChI is InChI=1S/C12H15F2NO2S/c13-10-3-2-9(8-11(10)14)18-7-4-12(17)15-5-1-6-16/h2-3,8,16H,1,4-7H2,(H,15,17). The molecule has 1 rings (SSSR count). The molecule has 18 heavy (non-hydrogen) atoms. The van der Waals surface area contributed by atoms with Crippen LogP contribution < -0.4 is 5.32 Å². The lowest BCUT2D eigenvalue weighted by molar-refractivity contribution is -0.120. The molecule has 0 aromatic heterocycles. The van der Waals surface area contributed by atoms with E-state index in [0.29, 0.717) is 30.0 Å². The van der Waals surface area contributed by atoms with Crippen molar-refractivity contribution >= 4 is 17.7 Å². The Bertz CT molecular complexity index is 402. The van der Waals surface area contributed by atoms with Crippen LogP contribution in [0.2, 0.25) is 0 Å². The summed E-state index contributed by atoms with van der Waals surface area (Å²) in [5.41, 5.74) is 0. The van der Waals surface area contributed by atoms with Gasteiger partial charge in [-0.2, -0.15) is 0 Å². The van der Waals surface area contributed by atoms with Gasteiger partial charge in [-0.25, -0.2) is 8.78 Å². The summed E-state index contributed by atoms with van der Waals surface area (Å²) in [6.45, 7) is 0.495. The highest BCUT2D eigenvalue weighted by Crippen LogP contribution is 2.20. The Hall–Kier alpha value is -1.14. The summed E-state index contributed by atoms with van der Waals surface area (Å²) in [6.07, 6.45) is 0.831. The van der Waals surface area contributed by atoms with Crippen molar-refractivity contribution in [1.29, 1.82) is 0 Å².